The number of thiophene rings is 1. The van der Waals surface area contributed by atoms with Crippen LogP contribution in [-0.4, -0.2) is 32.7 Å². The number of esters is 1. The van der Waals surface area contributed by atoms with Gasteiger partial charge in [0.1, 0.15) is 9.71 Å². The van der Waals surface area contributed by atoms with E-state index >= 15 is 0 Å². The first kappa shape index (κ1) is 23.8. The van der Waals surface area contributed by atoms with E-state index < -0.39 is 5.97 Å². The average molecular weight is 498 g/mol. The molecule has 0 N–H and O–H groups in total. The van der Waals surface area contributed by atoms with E-state index in [4.69, 9.17) is 4.74 Å². The van der Waals surface area contributed by atoms with Crippen LogP contribution in [0.25, 0.3) is 21.6 Å². The van der Waals surface area contributed by atoms with Crippen LogP contribution in [0.3, 0.4) is 0 Å². The van der Waals surface area contributed by atoms with Crippen molar-refractivity contribution < 1.29 is 14.3 Å². The van der Waals surface area contributed by atoms with Crippen LogP contribution < -0.4 is 0 Å². The summed E-state index contributed by atoms with van der Waals surface area (Å²) < 4.78 is 9.35. The Labute approximate surface area is 213 Å². The molecule has 5 aromatic rings. The van der Waals surface area contributed by atoms with Crippen LogP contribution in [-0.2, 0) is 4.74 Å². The van der Waals surface area contributed by atoms with Gasteiger partial charge in [-0.2, -0.15) is 5.10 Å². The standard InChI is InChI=1S/C29H27N3O3S/c1-17-11-12-23(13-18(17)2)31-19(3)14-25(21(31)5)26(33)16-35-29(34)27-15-24-20(4)30-32(28(24)36-27)22-9-7-6-8-10-22/h6-15H,16H2,1-5H3. The number of ether oxygens (including phenoxy) is 1. The molecule has 36 heavy (non-hydrogen) atoms. The fourth-order valence-corrected chi connectivity index (χ4v) is 5.56. The highest BCUT2D eigenvalue weighted by molar-refractivity contribution is 7.20. The lowest BCUT2D eigenvalue weighted by molar-refractivity contribution is 0.0479. The van der Waals surface area contributed by atoms with Crippen LogP contribution in [0, 0.1) is 34.6 Å². The van der Waals surface area contributed by atoms with E-state index in [1.54, 1.807) is 6.07 Å². The van der Waals surface area contributed by atoms with Gasteiger partial charge in [-0.1, -0.05) is 24.3 Å². The number of Topliss-reactive ketones (excluding diaryl/α,β-unsaturated/α-hetero) is 1. The molecule has 5 rings (SSSR count). The maximum absolute atomic E-state index is 13.0. The lowest BCUT2D eigenvalue weighted by atomic mass is 10.1. The third kappa shape index (κ3) is 4.16. The van der Waals surface area contributed by atoms with Gasteiger partial charge < -0.3 is 9.30 Å². The maximum atomic E-state index is 13.0. The van der Waals surface area contributed by atoms with E-state index in [9.17, 15) is 9.59 Å². The van der Waals surface area contributed by atoms with Crippen molar-refractivity contribution in [2.24, 2.45) is 0 Å². The Morgan fingerprint density at radius 1 is 0.889 bits per heavy atom. The second-order valence-corrected chi connectivity index (χ2v) is 10.1. The molecule has 0 aliphatic carbocycles. The number of aromatic nitrogens is 3. The quantitative estimate of drug-likeness (QED) is 0.199. The summed E-state index contributed by atoms with van der Waals surface area (Å²) in [4.78, 5) is 27.2. The molecule has 0 radical (unpaired) electrons. The van der Waals surface area contributed by atoms with Crippen molar-refractivity contribution in [1.29, 1.82) is 0 Å². The molecule has 182 valence electrons. The van der Waals surface area contributed by atoms with E-state index in [-0.39, 0.29) is 12.4 Å². The Hall–Kier alpha value is -3.97. The highest BCUT2D eigenvalue weighted by atomic mass is 32.1. The van der Waals surface area contributed by atoms with E-state index in [1.807, 2.05) is 61.9 Å². The van der Waals surface area contributed by atoms with Crippen LogP contribution in [0.1, 0.15) is 48.2 Å². The second-order valence-electron chi connectivity index (χ2n) is 9.05. The number of hydrogen-bond acceptors (Lipinski definition) is 5. The van der Waals surface area contributed by atoms with Crippen LogP contribution >= 0.6 is 11.3 Å². The predicted octanol–water partition coefficient (Wildman–Crippen LogP) is 6.46. The summed E-state index contributed by atoms with van der Waals surface area (Å²) in [7, 11) is 0. The van der Waals surface area contributed by atoms with Crippen molar-refractivity contribution in [3.63, 3.8) is 0 Å². The molecule has 0 spiro atoms. The summed E-state index contributed by atoms with van der Waals surface area (Å²) >= 11 is 1.32. The molecular weight excluding hydrogens is 470 g/mol. The fourth-order valence-electron chi connectivity index (χ4n) is 4.48. The van der Waals surface area contributed by atoms with E-state index in [2.05, 4.69) is 41.7 Å². The largest absolute Gasteiger partial charge is 0.453 e. The molecule has 0 amide bonds. The maximum Gasteiger partial charge on any atom is 0.348 e. The molecule has 3 aromatic heterocycles. The normalized spacial score (nSPS) is 11.2. The number of aryl methyl sites for hydroxylation is 4. The first-order chi connectivity index (χ1) is 17.2. The molecule has 0 saturated heterocycles. The monoisotopic (exact) mass is 497 g/mol. The number of para-hydroxylation sites is 1. The summed E-state index contributed by atoms with van der Waals surface area (Å²) in [6.07, 6.45) is 0. The zero-order valence-corrected chi connectivity index (χ0v) is 21.8. The highest BCUT2D eigenvalue weighted by Crippen LogP contribution is 2.31. The lowest BCUT2D eigenvalue weighted by Crippen LogP contribution is -2.14. The van der Waals surface area contributed by atoms with Gasteiger partial charge in [0.15, 0.2) is 6.61 Å². The van der Waals surface area contributed by atoms with Crippen LogP contribution in [0.5, 0.6) is 0 Å². The summed E-state index contributed by atoms with van der Waals surface area (Å²) in [5, 5.41) is 5.51. The van der Waals surface area contributed by atoms with Crippen molar-refractivity contribution in [1.82, 2.24) is 14.3 Å². The third-order valence-corrected chi connectivity index (χ3v) is 7.65. The van der Waals surface area contributed by atoms with Crippen LogP contribution in [0.4, 0.5) is 0 Å². The molecule has 0 saturated carbocycles. The Kier molecular flexibility index (Phi) is 6.10. The van der Waals surface area contributed by atoms with Gasteiger partial charge in [-0.25, -0.2) is 9.48 Å². The molecule has 3 heterocycles. The topological polar surface area (TPSA) is 66.1 Å². The van der Waals surface area contributed by atoms with Crippen molar-refractivity contribution in [2.75, 3.05) is 6.61 Å². The van der Waals surface area contributed by atoms with Gasteiger partial charge in [0, 0.05) is 28.0 Å². The lowest BCUT2D eigenvalue weighted by Gasteiger charge is -2.12. The van der Waals surface area contributed by atoms with Crippen LogP contribution in [0.15, 0.2) is 60.7 Å². The molecule has 7 heteroatoms. The number of fused-ring (bicyclic) bond motifs is 1. The number of benzene rings is 2. The van der Waals surface area contributed by atoms with Gasteiger partial charge >= 0.3 is 5.97 Å². The van der Waals surface area contributed by atoms with E-state index in [0.29, 0.717) is 10.4 Å². The zero-order chi connectivity index (χ0) is 25.6. The van der Waals surface area contributed by atoms with Gasteiger partial charge in [0.05, 0.1) is 11.4 Å². The minimum absolute atomic E-state index is 0.223. The first-order valence-corrected chi connectivity index (χ1v) is 12.6. The fraction of sp³-hybridized carbons (Fsp3) is 0.207. The summed E-state index contributed by atoms with van der Waals surface area (Å²) in [6, 6.07) is 19.7. The average Bonchev–Trinajstić information content (AvgIpc) is 3.52. The van der Waals surface area contributed by atoms with Gasteiger partial charge in [-0.3, -0.25) is 4.79 Å². The Bertz CT molecular complexity index is 1620. The summed E-state index contributed by atoms with van der Waals surface area (Å²) in [6.45, 7) is 9.65. The number of carbonyl (C=O) groups is 2. The van der Waals surface area contributed by atoms with Crippen molar-refractivity contribution in [3.05, 3.63) is 99.3 Å². The number of rotatable bonds is 6. The van der Waals surface area contributed by atoms with E-state index in [1.165, 1.54) is 22.5 Å². The molecule has 6 nitrogen and oxygen atoms in total. The van der Waals surface area contributed by atoms with E-state index in [0.717, 1.165) is 38.7 Å². The van der Waals surface area contributed by atoms with Gasteiger partial charge in [-0.05, 0) is 82.1 Å². The zero-order valence-electron chi connectivity index (χ0n) is 21.0. The number of nitrogens with zero attached hydrogens (tertiary/aromatic N) is 3. The SMILES string of the molecule is Cc1ccc(-n2c(C)cc(C(=O)COC(=O)c3cc4c(C)nn(-c5ccccc5)c4s3)c2C)cc1C. The molecule has 0 bridgehead atoms. The predicted molar refractivity (Wildman–Crippen MR) is 143 cm³/mol. The highest BCUT2D eigenvalue weighted by Gasteiger charge is 2.21. The smallest absolute Gasteiger partial charge is 0.348 e. The van der Waals surface area contributed by atoms with Crippen molar-refractivity contribution >= 4 is 33.3 Å². The molecule has 0 fully saturated rings. The summed E-state index contributed by atoms with van der Waals surface area (Å²) in [5.41, 5.74) is 7.52. The molecule has 0 atom stereocenters. The number of carbonyl (C=O) groups excluding carboxylic acids is 2. The second kappa shape index (κ2) is 9.24. The molecule has 0 aliphatic heterocycles. The minimum Gasteiger partial charge on any atom is -0.453 e. The van der Waals surface area contributed by atoms with Crippen molar-refractivity contribution in [2.45, 2.75) is 34.6 Å². The molecular formula is C29H27N3O3S. The Balaban J connectivity index is 1.35. The Morgan fingerprint density at radius 2 is 1.64 bits per heavy atom. The van der Waals surface area contributed by atoms with Crippen LogP contribution in [0.2, 0.25) is 0 Å². The van der Waals surface area contributed by atoms with Crippen molar-refractivity contribution in [3.8, 4) is 11.4 Å². The number of ketones is 1. The van der Waals surface area contributed by atoms with Gasteiger partial charge in [-0.15, -0.1) is 11.3 Å². The summed E-state index contributed by atoms with van der Waals surface area (Å²) in [5.74, 6) is -0.731. The third-order valence-electron chi connectivity index (χ3n) is 6.56. The molecule has 0 unspecified atom stereocenters. The molecule has 0 aliphatic rings. The first-order valence-electron chi connectivity index (χ1n) is 11.8. The van der Waals surface area contributed by atoms with Gasteiger partial charge in [0.2, 0.25) is 5.78 Å². The Morgan fingerprint density at radius 3 is 2.36 bits per heavy atom. The van der Waals surface area contributed by atoms with Gasteiger partial charge in [0.25, 0.3) is 0 Å². The number of hydrogen-bond donors (Lipinski definition) is 0. The molecule has 2 aromatic carbocycles. The minimum atomic E-state index is -0.508.